The number of piperazine rings is 1. The topological polar surface area (TPSA) is 73.6 Å². The van der Waals surface area contributed by atoms with Gasteiger partial charge >= 0.3 is 0 Å². The molecule has 8 heteroatoms. The molecular weight excluding hydrogens is 374 g/mol. The number of hydrogen-bond donors (Lipinski definition) is 0. The number of hydrogen-bond acceptors (Lipinski definition) is 5. The van der Waals surface area contributed by atoms with Gasteiger partial charge in [-0.15, -0.1) is 0 Å². The Bertz CT molecular complexity index is 948. The van der Waals surface area contributed by atoms with Gasteiger partial charge in [-0.05, 0) is 30.3 Å². The first-order chi connectivity index (χ1) is 12.5. The van der Waals surface area contributed by atoms with Crippen LogP contribution in [0.2, 0.25) is 5.02 Å². The first kappa shape index (κ1) is 18.5. The van der Waals surface area contributed by atoms with Gasteiger partial charge in [0.25, 0.3) is 0 Å². The molecule has 0 radical (unpaired) electrons. The zero-order valence-corrected chi connectivity index (χ0v) is 15.8. The molecule has 0 spiro atoms. The Morgan fingerprint density at radius 3 is 2.42 bits per heavy atom. The van der Waals surface area contributed by atoms with Crippen molar-refractivity contribution < 1.29 is 13.2 Å². The standard InChI is InChI=1S/C18H18ClN3O3S/c1-25-18-7-6-15(12-16(18)19)26(23,24)22-10-8-21(9-11-22)17-5-3-2-4-14(17)13-20/h2-7,12H,8-11H2,1H3. The average Bonchev–Trinajstić information content (AvgIpc) is 2.68. The summed E-state index contributed by atoms with van der Waals surface area (Å²) in [7, 11) is -2.15. The van der Waals surface area contributed by atoms with Crippen LogP contribution in [0.15, 0.2) is 47.4 Å². The van der Waals surface area contributed by atoms with E-state index < -0.39 is 10.0 Å². The van der Waals surface area contributed by atoms with Crippen LogP contribution in [0.1, 0.15) is 5.56 Å². The van der Waals surface area contributed by atoms with E-state index in [1.54, 1.807) is 12.1 Å². The maximum atomic E-state index is 12.9. The number of methoxy groups -OCH3 is 1. The number of ether oxygens (including phenoxy) is 1. The maximum absolute atomic E-state index is 12.9. The number of nitriles is 1. The molecule has 2 aromatic rings. The van der Waals surface area contributed by atoms with Crippen LogP contribution in [0.4, 0.5) is 5.69 Å². The molecule has 1 aliphatic rings. The number of halogens is 1. The van der Waals surface area contributed by atoms with E-state index in [-0.39, 0.29) is 9.92 Å². The lowest BCUT2D eigenvalue weighted by atomic mass is 10.1. The van der Waals surface area contributed by atoms with E-state index in [1.807, 2.05) is 23.1 Å². The Morgan fingerprint density at radius 2 is 1.81 bits per heavy atom. The third-order valence-electron chi connectivity index (χ3n) is 4.36. The number of nitrogens with zero attached hydrogens (tertiary/aromatic N) is 3. The predicted molar refractivity (Wildman–Crippen MR) is 100 cm³/mol. The zero-order valence-electron chi connectivity index (χ0n) is 14.2. The van der Waals surface area contributed by atoms with Crippen LogP contribution in [0.3, 0.4) is 0 Å². The molecule has 3 rings (SSSR count). The van der Waals surface area contributed by atoms with E-state index in [9.17, 15) is 13.7 Å². The van der Waals surface area contributed by atoms with E-state index in [0.29, 0.717) is 37.5 Å². The zero-order chi connectivity index (χ0) is 18.7. The first-order valence-electron chi connectivity index (χ1n) is 8.05. The van der Waals surface area contributed by atoms with Crippen molar-refractivity contribution in [2.75, 3.05) is 38.2 Å². The molecule has 1 saturated heterocycles. The van der Waals surface area contributed by atoms with Crippen molar-refractivity contribution in [2.45, 2.75) is 4.90 Å². The van der Waals surface area contributed by atoms with Crippen molar-refractivity contribution in [3.05, 3.63) is 53.1 Å². The lowest BCUT2D eigenvalue weighted by Crippen LogP contribution is -2.48. The van der Waals surface area contributed by atoms with Crippen molar-refractivity contribution in [2.24, 2.45) is 0 Å². The Labute approximate surface area is 158 Å². The molecule has 0 bridgehead atoms. The molecule has 26 heavy (non-hydrogen) atoms. The third kappa shape index (κ3) is 3.49. The summed E-state index contributed by atoms with van der Waals surface area (Å²) in [6.07, 6.45) is 0. The van der Waals surface area contributed by atoms with E-state index in [1.165, 1.54) is 23.5 Å². The molecule has 136 valence electrons. The van der Waals surface area contributed by atoms with Crippen LogP contribution in [0.5, 0.6) is 5.75 Å². The predicted octanol–water partition coefficient (Wildman–Crippen LogP) is 2.73. The van der Waals surface area contributed by atoms with Gasteiger partial charge in [0, 0.05) is 26.2 Å². The van der Waals surface area contributed by atoms with Crippen molar-refractivity contribution in [3.63, 3.8) is 0 Å². The van der Waals surface area contributed by atoms with Crippen LogP contribution in [-0.4, -0.2) is 46.0 Å². The molecular formula is C18H18ClN3O3S. The Hall–Kier alpha value is -2.27. The van der Waals surface area contributed by atoms with Crippen LogP contribution in [0.25, 0.3) is 0 Å². The molecule has 1 heterocycles. The van der Waals surface area contributed by atoms with Crippen LogP contribution < -0.4 is 9.64 Å². The van der Waals surface area contributed by atoms with Crippen LogP contribution >= 0.6 is 11.6 Å². The fraction of sp³-hybridized carbons (Fsp3) is 0.278. The van der Waals surface area contributed by atoms with E-state index in [4.69, 9.17) is 16.3 Å². The van der Waals surface area contributed by atoms with Crippen LogP contribution in [-0.2, 0) is 10.0 Å². The summed E-state index contributed by atoms with van der Waals surface area (Å²) in [4.78, 5) is 2.18. The highest BCUT2D eigenvalue weighted by Crippen LogP contribution is 2.29. The molecule has 2 aromatic carbocycles. The lowest BCUT2D eigenvalue weighted by Gasteiger charge is -2.35. The third-order valence-corrected chi connectivity index (χ3v) is 6.55. The van der Waals surface area contributed by atoms with Gasteiger partial charge in [-0.3, -0.25) is 0 Å². The monoisotopic (exact) mass is 391 g/mol. The van der Waals surface area contributed by atoms with E-state index in [0.717, 1.165) is 5.69 Å². The Kier molecular flexibility index (Phi) is 5.37. The number of rotatable bonds is 4. The SMILES string of the molecule is COc1ccc(S(=O)(=O)N2CCN(c3ccccc3C#N)CC2)cc1Cl. The molecule has 1 fully saturated rings. The number of para-hydroxylation sites is 1. The minimum atomic E-state index is -3.63. The summed E-state index contributed by atoms with van der Waals surface area (Å²) < 4.78 is 32.2. The number of benzene rings is 2. The van der Waals surface area contributed by atoms with Gasteiger partial charge in [0.15, 0.2) is 0 Å². The smallest absolute Gasteiger partial charge is 0.243 e. The molecule has 0 saturated carbocycles. The molecule has 0 N–H and O–H groups in total. The minimum Gasteiger partial charge on any atom is -0.495 e. The van der Waals surface area contributed by atoms with Gasteiger partial charge in [0.1, 0.15) is 11.8 Å². The largest absolute Gasteiger partial charge is 0.495 e. The maximum Gasteiger partial charge on any atom is 0.243 e. The summed E-state index contributed by atoms with van der Waals surface area (Å²) in [6.45, 7) is 1.71. The highest BCUT2D eigenvalue weighted by molar-refractivity contribution is 7.89. The second-order valence-electron chi connectivity index (χ2n) is 5.82. The highest BCUT2D eigenvalue weighted by Gasteiger charge is 2.29. The van der Waals surface area contributed by atoms with E-state index in [2.05, 4.69) is 6.07 Å². The molecule has 0 aromatic heterocycles. The van der Waals surface area contributed by atoms with Gasteiger partial charge in [-0.25, -0.2) is 8.42 Å². The van der Waals surface area contributed by atoms with Gasteiger partial charge in [-0.1, -0.05) is 23.7 Å². The first-order valence-corrected chi connectivity index (χ1v) is 9.87. The van der Waals surface area contributed by atoms with Gasteiger partial charge < -0.3 is 9.64 Å². The van der Waals surface area contributed by atoms with Crippen molar-refractivity contribution in [1.29, 1.82) is 5.26 Å². The van der Waals surface area contributed by atoms with Gasteiger partial charge in [-0.2, -0.15) is 9.57 Å². The second-order valence-corrected chi connectivity index (χ2v) is 8.16. The minimum absolute atomic E-state index is 0.147. The fourth-order valence-electron chi connectivity index (χ4n) is 2.97. The van der Waals surface area contributed by atoms with Gasteiger partial charge in [0.05, 0.1) is 28.3 Å². The summed E-state index contributed by atoms with van der Waals surface area (Å²) in [5.41, 5.74) is 1.42. The highest BCUT2D eigenvalue weighted by atomic mass is 35.5. The van der Waals surface area contributed by atoms with Crippen LogP contribution in [0, 0.1) is 11.3 Å². The molecule has 0 aliphatic carbocycles. The summed E-state index contributed by atoms with van der Waals surface area (Å²) in [6, 6.07) is 14.0. The molecule has 1 aliphatic heterocycles. The number of anilines is 1. The van der Waals surface area contributed by atoms with Crippen molar-refractivity contribution in [3.8, 4) is 11.8 Å². The van der Waals surface area contributed by atoms with E-state index >= 15 is 0 Å². The average molecular weight is 392 g/mol. The molecule has 0 atom stereocenters. The molecule has 0 unspecified atom stereocenters. The van der Waals surface area contributed by atoms with Gasteiger partial charge in [0.2, 0.25) is 10.0 Å². The summed E-state index contributed by atoms with van der Waals surface area (Å²) in [5.74, 6) is 0.434. The normalized spacial score (nSPS) is 15.5. The van der Waals surface area contributed by atoms with Crippen molar-refractivity contribution in [1.82, 2.24) is 4.31 Å². The second kappa shape index (κ2) is 7.54. The summed E-state index contributed by atoms with van der Waals surface area (Å²) >= 11 is 6.06. The number of sulfonamides is 1. The van der Waals surface area contributed by atoms with Crippen molar-refractivity contribution >= 4 is 27.3 Å². The Balaban J connectivity index is 1.77. The Morgan fingerprint density at radius 1 is 1.12 bits per heavy atom. The lowest BCUT2D eigenvalue weighted by molar-refractivity contribution is 0.384. The quantitative estimate of drug-likeness (QED) is 0.801. The fourth-order valence-corrected chi connectivity index (χ4v) is 4.74. The molecule has 0 amide bonds. The summed E-state index contributed by atoms with van der Waals surface area (Å²) in [5, 5.41) is 9.50. The molecule has 6 nitrogen and oxygen atoms in total.